The van der Waals surface area contributed by atoms with Gasteiger partial charge in [0.2, 0.25) is 0 Å². The molecule has 31 heavy (non-hydrogen) atoms. The molecule has 2 aliphatic rings. The van der Waals surface area contributed by atoms with Crippen LogP contribution in [0.4, 0.5) is 5.69 Å². The molecule has 158 valence electrons. The Kier molecular flexibility index (Phi) is 6.01. The number of nitrogens with zero attached hydrogens (tertiary/aromatic N) is 3. The third-order valence-corrected chi connectivity index (χ3v) is 7.14. The Bertz CT molecular complexity index is 1150. The fraction of sp³-hybridized carbons (Fsp3) is 0.261. The van der Waals surface area contributed by atoms with Gasteiger partial charge in [0.05, 0.1) is 30.2 Å². The van der Waals surface area contributed by atoms with E-state index in [-0.39, 0.29) is 5.91 Å². The maximum Gasteiger partial charge on any atom is 0.285 e. The van der Waals surface area contributed by atoms with Crippen LogP contribution >= 0.6 is 23.1 Å². The Balaban J connectivity index is 1.29. The quantitative estimate of drug-likeness (QED) is 0.593. The molecule has 1 aromatic carbocycles. The number of thioether (sulfide) groups is 1. The van der Waals surface area contributed by atoms with Crippen LogP contribution in [0.5, 0.6) is 0 Å². The number of benzene rings is 1. The molecule has 0 spiro atoms. The van der Waals surface area contributed by atoms with Crippen molar-refractivity contribution < 1.29 is 9.53 Å². The molecule has 8 heteroatoms. The van der Waals surface area contributed by atoms with Crippen molar-refractivity contribution in [3.63, 3.8) is 0 Å². The van der Waals surface area contributed by atoms with E-state index in [0.717, 1.165) is 42.8 Å². The molecular weight excluding hydrogens is 428 g/mol. The number of pyridine rings is 1. The molecule has 2 aromatic heterocycles. The van der Waals surface area contributed by atoms with Crippen molar-refractivity contribution in [2.24, 2.45) is 4.99 Å². The predicted molar refractivity (Wildman–Crippen MR) is 128 cm³/mol. The van der Waals surface area contributed by atoms with Crippen molar-refractivity contribution in [2.45, 2.75) is 13.0 Å². The minimum atomic E-state index is -0.171. The van der Waals surface area contributed by atoms with E-state index in [1.807, 2.05) is 23.7 Å². The first-order valence-electron chi connectivity index (χ1n) is 10.2. The molecule has 4 heterocycles. The highest BCUT2D eigenvalue weighted by Crippen LogP contribution is 2.29. The van der Waals surface area contributed by atoms with Crippen LogP contribution in [0.1, 0.15) is 10.4 Å². The van der Waals surface area contributed by atoms with E-state index >= 15 is 0 Å². The largest absolute Gasteiger partial charge is 0.378 e. The van der Waals surface area contributed by atoms with Crippen LogP contribution in [0.2, 0.25) is 0 Å². The van der Waals surface area contributed by atoms with E-state index in [1.165, 1.54) is 22.3 Å². The normalized spacial score (nSPS) is 18.1. The van der Waals surface area contributed by atoms with Crippen LogP contribution in [-0.2, 0) is 22.5 Å². The van der Waals surface area contributed by atoms with Crippen molar-refractivity contribution in [3.05, 3.63) is 69.4 Å². The second-order valence-electron chi connectivity index (χ2n) is 7.31. The highest BCUT2D eigenvalue weighted by atomic mass is 32.2. The van der Waals surface area contributed by atoms with Gasteiger partial charge in [0.25, 0.3) is 5.91 Å². The summed E-state index contributed by atoms with van der Waals surface area (Å²) in [6, 6.07) is 12.5. The van der Waals surface area contributed by atoms with Gasteiger partial charge >= 0.3 is 0 Å². The zero-order chi connectivity index (χ0) is 21.0. The first-order chi connectivity index (χ1) is 15.3. The van der Waals surface area contributed by atoms with Crippen LogP contribution in [0.3, 0.4) is 0 Å². The van der Waals surface area contributed by atoms with Crippen LogP contribution in [0.15, 0.2) is 63.9 Å². The van der Waals surface area contributed by atoms with Gasteiger partial charge in [-0.15, -0.1) is 11.3 Å². The summed E-state index contributed by atoms with van der Waals surface area (Å²) in [5.41, 5.74) is 3.32. The molecule has 1 saturated heterocycles. The second kappa shape index (κ2) is 9.21. The molecule has 0 bridgehead atoms. The minimum absolute atomic E-state index is 0.171. The molecular formula is C23H22N4O2S2. The highest BCUT2D eigenvalue weighted by Gasteiger charge is 2.21. The summed E-state index contributed by atoms with van der Waals surface area (Å²) in [5, 5.41) is 7.10. The zero-order valence-electron chi connectivity index (χ0n) is 16.9. The monoisotopic (exact) mass is 450 g/mol. The summed E-state index contributed by atoms with van der Waals surface area (Å²) in [4.78, 5) is 25.2. The minimum Gasteiger partial charge on any atom is -0.378 e. The molecule has 0 saturated carbocycles. The van der Waals surface area contributed by atoms with E-state index < -0.39 is 0 Å². The maximum absolute atomic E-state index is 12.3. The molecule has 0 aliphatic carbocycles. The molecule has 1 amide bonds. The van der Waals surface area contributed by atoms with Crippen LogP contribution < -0.4 is 10.2 Å². The lowest BCUT2D eigenvalue weighted by Gasteiger charge is -2.29. The number of hydrogen-bond donors (Lipinski definition) is 1. The number of amides is 1. The van der Waals surface area contributed by atoms with Gasteiger partial charge in [0.1, 0.15) is 0 Å². The molecule has 1 N–H and O–H groups in total. The second-order valence-corrected chi connectivity index (χ2v) is 9.37. The van der Waals surface area contributed by atoms with Gasteiger partial charge in [-0.1, -0.05) is 18.2 Å². The molecule has 0 atom stereocenters. The Morgan fingerprint density at radius 3 is 2.94 bits per heavy atom. The molecule has 6 nitrogen and oxygen atoms in total. The van der Waals surface area contributed by atoms with Crippen LogP contribution in [0.25, 0.3) is 10.9 Å². The summed E-state index contributed by atoms with van der Waals surface area (Å²) in [7, 11) is 0. The van der Waals surface area contributed by atoms with Crippen molar-refractivity contribution in [3.8, 4) is 0 Å². The number of anilines is 1. The summed E-state index contributed by atoms with van der Waals surface area (Å²) in [5.74, 6) is -0.171. The lowest BCUT2D eigenvalue weighted by atomic mass is 10.1. The van der Waals surface area contributed by atoms with Crippen molar-refractivity contribution in [1.29, 1.82) is 0 Å². The molecule has 3 aromatic rings. The summed E-state index contributed by atoms with van der Waals surface area (Å²) >= 11 is 3.10. The number of hydrogen-bond acceptors (Lipinski definition) is 7. The number of amidine groups is 1. The number of fused-ring (bicyclic) bond motifs is 1. The van der Waals surface area contributed by atoms with E-state index in [4.69, 9.17) is 4.74 Å². The number of aromatic nitrogens is 1. The zero-order valence-corrected chi connectivity index (χ0v) is 18.5. The summed E-state index contributed by atoms with van der Waals surface area (Å²) < 4.78 is 5.49. The van der Waals surface area contributed by atoms with E-state index in [1.54, 1.807) is 11.3 Å². The molecule has 0 unspecified atom stereocenters. The Morgan fingerprint density at radius 1 is 1.19 bits per heavy atom. The van der Waals surface area contributed by atoms with Gasteiger partial charge in [-0.3, -0.25) is 9.78 Å². The number of thiophene rings is 1. The van der Waals surface area contributed by atoms with Crippen molar-refractivity contribution >= 4 is 50.8 Å². The van der Waals surface area contributed by atoms with E-state index in [9.17, 15) is 4.79 Å². The van der Waals surface area contributed by atoms with E-state index in [0.29, 0.717) is 23.0 Å². The van der Waals surface area contributed by atoms with Crippen LogP contribution in [0, 0.1) is 0 Å². The lowest BCUT2D eigenvalue weighted by molar-refractivity contribution is -0.113. The number of allylic oxidation sites excluding steroid dienone is 1. The number of morpholine rings is 1. The van der Waals surface area contributed by atoms with Crippen molar-refractivity contribution in [1.82, 2.24) is 10.3 Å². The molecule has 0 radical (unpaired) electrons. The Hall–Kier alpha value is -2.68. The van der Waals surface area contributed by atoms with Crippen molar-refractivity contribution in [2.75, 3.05) is 31.2 Å². The standard InChI is InChI=1S/C23H22N4O2S2/c28-22-21(31-23(26-22)25-15-17-2-1-13-30-17)6-4-16-3-5-19-18(14-16)20(7-8-24-19)27-9-11-29-12-10-27/h1-3,5-8,13-14H,4,9-12,15H2,(H,25,26,28)/b21-6-. The fourth-order valence-electron chi connectivity index (χ4n) is 3.69. The average molecular weight is 451 g/mol. The SMILES string of the molecule is O=C1N=C(NCc2cccs2)S/C1=C\Cc1ccc2nccc(N3CCOCC3)c2c1. The van der Waals surface area contributed by atoms with E-state index in [2.05, 4.69) is 50.5 Å². The number of carbonyl (C=O) groups is 1. The first kappa shape index (κ1) is 20.2. The molecule has 1 fully saturated rings. The first-order valence-corrected chi connectivity index (χ1v) is 11.9. The molecule has 5 rings (SSSR count). The van der Waals surface area contributed by atoms with Gasteiger partial charge in [-0.25, -0.2) is 0 Å². The smallest absolute Gasteiger partial charge is 0.285 e. The third-order valence-electron chi connectivity index (χ3n) is 5.27. The predicted octanol–water partition coefficient (Wildman–Crippen LogP) is 3.98. The fourth-order valence-corrected chi connectivity index (χ4v) is 5.12. The van der Waals surface area contributed by atoms with Gasteiger partial charge < -0.3 is 15.0 Å². The van der Waals surface area contributed by atoms with Crippen LogP contribution in [-0.4, -0.2) is 42.4 Å². The summed E-state index contributed by atoms with van der Waals surface area (Å²) in [6.07, 6.45) is 4.52. The number of aliphatic imine (C=N–C) groups is 1. The third kappa shape index (κ3) is 4.66. The summed E-state index contributed by atoms with van der Waals surface area (Å²) in [6.45, 7) is 3.95. The lowest BCUT2D eigenvalue weighted by Crippen LogP contribution is -2.36. The Morgan fingerprint density at radius 2 is 2.10 bits per heavy atom. The average Bonchev–Trinajstić information content (AvgIpc) is 3.46. The van der Waals surface area contributed by atoms with Gasteiger partial charge in [-0.2, -0.15) is 4.99 Å². The molecule has 2 aliphatic heterocycles. The number of nitrogens with one attached hydrogen (secondary N) is 1. The van der Waals surface area contributed by atoms with Gasteiger partial charge in [-0.05, 0) is 53.4 Å². The Labute approximate surface area is 189 Å². The number of rotatable bonds is 5. The maximum atomic E-state index is 12.3. The highest BCUT2D eigenvalue weighted by molar-refractivity contribution is 8.18. The number of ether oxygens (including phenoxy) is 1. The topological polar surface area (TPSA) is 66.8 Å². The van der Waals surface area contributed by atoms with Gasteiger partial charge in [0, 0.05) is 35.2 Å². The number of carbonyl (C=O) groups excluding carboxylic acids is 1. The van der Waals surface area contributed by atoms with Gasteiger partial charge in [0.15, 0.2) is 5.17 Å².